The average molecular weight is 152 g/mol. The molecule has 0 spiro atoms. The molecule has 0 aliphatic rings. The van der Waals surface area contributed by atoms with Gasteiger partial charge in [0.2, 0.25) is 0 Å². The van der Waals surface area contributed by atoms with Gasteiger partial charge in [0.25, 0.3) is 0 Å². The molecule has 1 heterocycles. The van der Waals surface area contributed by atoms with Gasteiger partial charge in [-0.25, -0.2) is 0 Å². The molecule has 0 aliphatic carbocycles. The molecule has 0 amide bonds. The van der Waals surface area contributed by atoms with Crippen molar-refractivity contribution in [1.82, 2.24) is 10.7 Å². The number of pyridine rings is 1. The van der Waals surface area contributed by atoms with Gasteiger partial charge in [-0.3, -0.25) is 10.7 Å². The van der Waals surface area contributed by atoms with Gasteiger partial charge >= 0.3 is 0 Å². The molecule has 0 aromatic carbocycles. The van der Waals surface area contributed by atoms with Crippen LogP contribution in [-0.2, 0) is 0 Å². The molecule has 0 fully saturated rings. The first-order chi connectivity index (χ1) is 4.79. The van der Waals surface area contributed by atoms with Crippen molar-refractivity contribution in [3.8, 4) is 0 Å². The van der Waals surface area contributed by atoms with Crippen LogP contribution >= 0.6 is 12.2 Å². The Labute approximate surface area is 64.3 Å². The molecule has 0 atom stereocenters. The van der Waals surface area contributed by atoms with Crippen LogP contribution in [0.25, 0.3) is 0 Å². The van der Waals surface area contributed by atoms with Crippen LogP contribution in [0.15, 0.2) is 24.5 Å². The molecule has 1 aromatic rings. The fourth-order valence-electron chi connectivity index (χ4n) is 0.568. The van der Waals surface area contributed by atoms with Crippen LogP contribution in [0.4, 0.5) is 5.69 Å². The highest BCUT2D eigenvalue weighted by Crippen LogP contribution is 2.00. The Morgan fingerprint density at radius 2 is 2.50 bits per heavy atom. The molecular formula is C6H6N3S. The molecule has 2 N–H and O–H groups in total. The van der Waals surface area contributed by atoms with E-state index in [2.05, 4.69) is 22.5 Å². The van der Waals surface area contributed by atoms with Crippen molar-refractivity contribution in [1.29, 1.82) is 0 Å². The third kappa shape index (κ3) is 1.99. The van der Waals surface area contributed by atoms with Crippen LogP contribution in [0.1, 0.15) is 0 Å². The lowest BCUT2D eigenvalue weighted by Gasteiger charge is -1.98. The highest BCUT2D eigenvalue weighted by Gasteiger charge is 1.89. The first-order valence-electron chi connectivity index (χ1n) is 2.71. The molecule has 3 nitrogen and oxygen atoms in total. The molecule has 0 saturated heterocycles. The van der Waals surface area contributed by atoms with Gasteiger partial charge in [-0.2, -0.15) is 0 Å². The third-order valence-corrected chi connectivity index (χ3v) is 1.02. The Kier molecular flexibility index (Phi) is 2.17. The summed E-state index contributed by atoms with van der Waals surface area (Å²) in [5.74, 6) is 0. The van der Waals surface area contributed by atoms with Gasteiger partial charge in [-0.15, -0.1) is 0 Å². The minimum atomic E-state index is 0.00741. The van der Waals surface area contributed by atoms with Gasteiger partial charge in [-0.1, -0.05) is 0 Å². The van der Waals surface area contributed by atoms with E-state index in [-0.39, 0.29) is 5.11 Å². The van der Waals surface area contributed by atoms with E-state index in [4.69, 9.17) is 5.73 Å². The quantitative estimate of drug-likeness (QED) is 0.612. The number of aromatic nitrogens is 1. The number of nitrogens with one attached hydrogen (secondary N) is 2. The van der Waals surface area contributed by atoms with Crippen molar-refractivity contribution < 1.29 is 0 Å². The van der Waals surface area contributed by atoms with Crippen molar-refractivity contribution in [2.24, 2.45) is 0 Å². The minimum absolute atomic E-state index is 0.00741. The summed E-state index contributed by atoms with van der Waals surface area (Å²) in [6.45, 7) is 0. The van der Waals surface area contributed by atoms with Crippen molar-refractivity contribution in [3.63, 3.8) is 0 Å². The third-order valence-electron chi connectivity index (χ3n) is 0.919. The van der Waals surface area contributed by atoms with Gasteiger partial charge in [-0.05, 0) is 24.4 Å². The van der Waals surface area contributed by atoms with E-state index in [1.807, 2.05) is 0 Å². The molecule has 0 bridgehead atoms. The molecule has 4 heteroatoms. The Bertz CT molecular complexity index is 222. The predicted molar refractivity (Wildman–Crippen MR) is 43.6 cm³/mol. The van der Waals surface area contributed by atoms with Crippen molar-refractivity contribution >= 4 is 23.0 Å². The minimum Gasteiger partial charge on any atom is -0.330 e. The normalized spacial score (nSPS) is 8.80. The lowest BCUT2D eigenvalue weighted by molar-refractivity contribution is 1.33. The molecule has 1 rings (SSSR count). The Morgan fingerprint density at radius 3 is 3.00 bits per heavy atom. The maximum Gasteiger partial charge on any atom is 0.189 e. The summed E-state index contributed by atoms with van der Waals surface area (Å²) >= 11 is 4.51. The number of nitrogens with zero attached hydrogens (tertiary/aromatic N) is 1. The molecule has 0 aliphatic heterocycles. The fourth-order valence-corrected chi connectivity index (χ4v) is 0.686. The van der Waals surface area contributed by atoms with Crippen molar-refractivity contribution in [2.45, 2.75) is 0 Å². The summed E-state index contributed by atoms with van der Waals surface area (Å²) in [6.07, 6.45) is 3.28. The summed E-state index contributed by atoms with van der Waals surface area (Å²) in [6, 6.07) is 3.58. The molecule has 1 radical (unpaired) electrons. The Morgan fingerprint density at radius 1 is 1.70 bits per heavy atom. The molecule has 51 valence electrons. The highest BCUT2D eigenvalue weighted by atomic mass is 32.1. The zero-order chi connectivity index (χ0) is 7.40. The average Bonchev–Trinajstić information content (AvgIpc) is 1.88. The molecule has 0 unspecified atom stereocenters. The van der Waals surface area contributed by atoms with Crippen molar-refractivity contribution in [3.05, 3.63) is 24.5 Å². The van der Waals surface area contributed by atoms with Crippen molar-refractivity contribution in [2.75, 3.05) is 5.32 Å². The number of thiocarbonyl (C=S) groups is 1. The first-order valence-corrected chi connectivity index (χ1v) is 3.12. The SMILES string of the molecule is [NH]C(=S)Nc1cccnc1. The van der Waals surface area contributed by atoms with Crippen LogP contribution in [0.2, 0.25) is 0 Å². The molecular weight excluding hydrogens is 146 g/mol. The maximum absolute atomic E-state index is 6.91. The number of rotatable bonds is 1. The van der Waals surface area contributed by atoms with Crippen LogP contribution in [0, 0.1) is 0 Å². The molecule has 10 heavy (non-hydrogen) atoms. The van der Waals surface area contributed by atoms with Gasteiger partial charge < -0.3 is 5.32 Å². The van der Waals surface area contributed by atoms with Gasteiger partial charge in [0, 0.05) is 6.20 Å². The van der Waals surface area contributed by atoms with Crippen LogP contribution in [0.5, 0.6) is 0 Å². The molecule has 0 saturated carbocycles. The van der Waals surface area contributed by atoms with Gasteiger partial charge in [0.15, 0.2) is 5.11 Å². The van der Waals surface area contributed by atoms with Crippen LogP contribution in [0.3, 0.4) is 0 Å². The second-order valence-electron chi connectivity index (χ2n) is 1.70. The van der Waals surface area contributed by atoms with Crippen LogP contribution in [-0.4, -0.2) is 10.1 Å². The van der Waals surface area contributed by atoms with E-state index >= 15 is 0 Å². The fraction of sp³-hybridized carbons (Fsp3) is 0. The summed E-state index contributed by atoms with van der Waals surface area (Å²) in [5.41, 5.74) is 7.66. The zero-order valence-corrected chi connectivity index (χ0v) is 5.98. The smallest absolute Gasteiger partial charge is 0.189 e. The lowest BCUT2D eigenvalue weighted by atomic mass is 10.4. The lowest BCUT2D eigenvalue weighted by Crippen LogP contribution is -2.08. The Hall–Kier alpha value is -1.16. The Balaban J connectivity index is 2.67. The van der Waals surface area contributed by atoms with E-state index < -0.39 is 0 Å². The van der Waals surface area contributed by atoms with E-state index in [0.717, 1.165) is 5.69 Å². The van der Waals surface area contributed by atoms with E-state index in [0.29, 0.717) is 0 Å². The van der Waals surface area contributed by atoms with Crippen LogP contribution < -0.4 is 11.1 Å². The second kappa shape index (κ2) is 3.12. The maximum atomic E-state index is 6.91. The summed E-state index contributed by atoms with van der Waals surface area (Å²) in [4.78, 5) is 3.83. The van der Waals surface area contributed by atoms with E-state index in [1.54, 1.807) is 24.5 Å². The van der Waals surface area contributed by atoms with Gasteiger partial charge in [0.1, 0.15) is 0 Å². The largest absolute Gasteiger partial charge is 0.330 e. The van der Waals surface area contributed by atoms with E-state index in [9.17, 15) is 0 Å². The molecule has 1 aromatic heterocycles. The monoisotopic (exact) mass is 152 g/mol. The second-order valence-corrected chi connectivity index (χ2v) is 2.10. The first kappa shape index (κ1) is 6.95. The van der Waals surface area contributed by atoms with E-state index in [1.165, 1.54) is 0 Å². The summed E-state index contributed by atoms with van der Waals surface area (Å²) in [7, 11) is 0. The standard InChI is InChI=1S/C6H6N3S/c7-6(10)9-5-2-1-3-8-4-5/h1-4,7H,(H,9,10). The van der Waals surface area contributed by atoms with Gasteiger partial charge in [0.05, 0.1) is 11.9 Å². The predicted octanol–water partition coefficient (Wildman–Crippen LogP) is 1.06. The number of anilines is 1. The highest BCUT2D eigenvalue weighted by molar-refractivity contribution is 7.80. The summed E-state index contributed by atoms with van der Waals surface area (Å²) in [5, 5.41) is 2.65. The zero-order valence-electron chi connectivity index (χ0n) is 5.16. The topological polar surface area (TPSA) is 48.7 Å². The number of hydrogen-bond acceptors (Lipinski definition) is 2. The summed E-state index contributed by atoms with van der Waals surface area (Å²) < 4.78 is 0. The number of hydrogen-bond donors (Lipinski definition) is 1.